The highest BCUT2D eigenvalue weighted by Crippen LogP contribution is 2.23. The molecule has 0 unspecified atom stereocenters. The number of pyridine rings is 1. The normalized spacial score (nSPS) is 10.9. The Labute approximate surface area is 103 Å². The van der Waals surface area contributed by atoms with Crippen molar-refractivity contribution in [3.8, 4) is 11.3 Å². The first-order valence-electron chi connectivity index (χ1n) is 5.41. The molecular formula is C14H11NOS. The van der Waals surface area contributed by atoms with Gasteiger partial charge in [-0.05, 0) is 30.0 Å². The molecule has 0 radical (unpaired) electrons. The van der Waals surface area contributed by atoms with Gasteiger partial charge in [-0.1, -0.05) is 29.8 Å². The fraction of sp³-hybridized carbons (Fsp3) is 0.0714. The van der Waals surface area contributed by atoms with Crippen molar-refractivity contribution in [2.24, 2.45) is 0 Å². The van der Waals surface area contributed by atoms with Crippen LogP contribution in [0.1, 0.15) is 5.56 Å². The molecule has 2 aromatic heterocycles. The molecule has 0 saturated heterocycles. The zero-order chi connectivity index (χ0) is 11.8. The average Bonchev–Trinajstić information content (AvgIpc) is 2.78. The smallest absolute Gasteiger partial charge is 0.257 e. The van der Waals surface area contributed by atoms with Gasteiger partial charge in [0.05, 0.1) is 5.39 Å². The van der Waals surface area contributed by atoms with Crippen LogP contribution in [0.2, 0.25) is 0 Å². The maximum Gasteiger partial charge on any atom is 0.257 e. The molecule has 1 aromatic carbocycles. The largest absolute Gasteiger partial charge is 0.321 e. The highest BCUT2D eigenvalue weighted by Gasteiger charge is 2.04. The Balaban J connectivity index is 2.23. The molecule has 0 aliphatic heterocycles. The Morgan fingerprint density at radius 1 is 1.12 bits per heavy atom. The third-order valence-electron chi connectivity index (χ3n) is 2.83. The lowest BCUT2D eigenvalue weighted by Crippen LogP contribution is -2.05. The number of aryl methyl sites for hydroxylation is 1. The summed E-state index contributed by atoms with van der Waals surface area (Å²) < 4.78 is 1.03. The van der Waals surface area contributed by atoms with Crippen molar-refractivity contribution in [1.29, 1.82) is 0 Å². The van der Waals surface area contributed by atoms with E-state index in [0.29, 0.717) is 0 Å². The zero-order valence-corrected chi connectivity index (χ0v) is 10.2. The van der Waals surface area contributed by atoms with Gasteiger partial charge >= 0.3 is 0 Å². The van der Waals surface area contributed by atoms with E-state index in [1.165, 1.54) is 5.56 Å². The number of aromatic amines is 1. The van der Waals surface area contributed by atoms with Gasteiger partial charge in [0, 0.05) is 10.4 Å². The van der Waals surface area contributed by atoms with Crippen molar-refractivity contribution in [3.63, 3.8) is 0 Å². The van der Waals surface area contributed by atoms with Crippen molar-refractivity contribution < 1.29 is 0 Å². The third kappa shape index (κ3) is 1.78. The van der Waals surface area contributed by atoms with E-state index in [1.54, 1.807) is 11.3 Å². The van der Waals surface area contributed by atoms with E-state index in [9.17, 15) is 4.79 Å². The van der Waals surface area contributed by atoms with E-state index >= 15 is 0 Å². The second-order valence-corrected chi connectivity index (χ2v) is 5.02. The summed E-state index contributed by atoms with van der Waals surface area (Å²) in [6.07, 6.45) is 0. The maximum absolute atomic E-state index is 11.9. The van der Waals surface area contributed by atoms with Crippen molar-refractivity contribution in [3.05, 3.63) is 57.7 Å². The lowest BCUT2D eigenvalue weighted by molar-refractivity contribution is 1.28. The standard InChI is InChI=1S/C14H11NOS/c1-9-2-4-10(5-3-9)12-8-13-11(6-7-17-13)14(16)15-12/h2-8H,1H3,(H,15,16). The second kappa shape index (κ2) is 3.86. The molecule has 1 N–H and O–H groups in total. The summed E-state index contributed by atoms with van der Waals surface area (Å²) >= 11 is 1.59. The summed E-state index contributed by atoms with van der Waals surface area (Å²) in [6, 6.07) is 12.0. The minimum absolute atomic E-state index is 0.0145. The van der Waals surface area contributed by atoms with Crippen LogP contribution >= 0.6 is 11.3 Å². The quantitative estimate of drug-likeness (QED) is 0.694. The van der Waals surface area contributed by atoms with E-state index in [1.807, 2.05) is 41.8 Å². The lowest BCUT2D eigenvalue weighted by Gasteiger charge is -2.02. The molecule has 3 heteroatoms. The number of hydrogen-bond donors (Lipinski definition) is 1. The number of fused-ring (bicyclic) bond motifs is 1. The summed E-state index contributed by atoms with van der Waals surface area (Å²) in [5.74, 6) is 0. The van der Waals surface area contributed by atoms with Crippen molar-refractivity contribution >= 4 is 21.4 Å². The van der Waals surface area contributed by atoms with E-state index in [-0.39, 0.29) is 5.56 Å². The molecule has 0 bridgehead atoms. The van der Waals surface area contributed by atoms with Crippen LogP contribution in [0.3, 0.4) is 0 Å². The highest BCUT2D eigenvalue weighted by molar-refractivity contribution is 7.17. The van der Waals surface area contributed by atoms with E-state index in [2.05, 4.69) is 11.9 Å². The van der Waals surface area contributed by atoms with Crippen LogP contribution in [0.5, 0.6) is 0 Å². The Hall–Kier alpha value is -1.87. The molecule has 84 valence electrons. The molecule has 2 nitrogen and oxygen atoms in total. The van der Waals surface area contributed by atoms with Gasteiger partial charge in [-0.3, -0.25) is 4.79 Å². The highest BCUT2D eigenvalue weighted by atomic mass is 32.1. The van der Waals surface area contributed by atoms with Gasteiger partial charge in [-0.25, -0.2) is 0 Å². The summed E-state index contributed by atoms with van der Waals surface area (Å²) in [5.41, 5.74) is 3.13. The first-order chi connectivity index (χ1) is 8.24. The van der Waals surface area contributed by atoms with Gasteiger partial charge < -0.3 is 4.98 Å². The molecule has 0 aliphatic rings. The number of aromatic nitrogens is 1. The summed E-state index contributed by atoms with van der Waals surface area (Å²) in [6.45, 7) is 2.05. The van der Waals surface area contributed by atoms with E-state index in [0.717, 1.165) is 21.3 Å². The van der Waals surface area contributed by atoms with Gasteiger partial charge in [0.15, 0.2) is 0 Å². The zero-order valence-electron chi connectivity index (χ0n) is 9.36. The van der Waals surface area contributed by atoms with Crippen LogP contribution in [-0.2, 0) is 0 Å². The molecule has 0 atom stereocenters. The first-order valence-corrected chi connectivity index (χ1v) is 6.29. The second-order valence-electron chi connectivity index (χ2n) is 4.08. The van der Waals surface area contributed by atoms with Gasteiger partial charge in [0.25, 0.3) is 5.56 Å². The molecule has 17 heavy (non-hydrogen) atoms. The van der Waals surface area contributed by atoms with Crippen molar-refractivity contribution in [2.75, 3.05) is 0 Å². The van der Waals surface area contributed by atoms with Gasteiger partial charge in [-0.2, -0.15) is 0 Å². The lowest BCUT2D eigenvalue weighted by atomic mass is 10.1. The molecule has 0 amide bonds. The fourth-order valence-corrected chi connectivity index (χ4v) is 2.69. The van der Waals surface area contributed by atoms with Gasteiger partial charge in [-0.15, -0.1) is 11.3 Å². The molecule has 0 fully saturated rings. The number of thiophene rings is 1. The van der Waals surface area contributed by atoms with Crippen LogP contribution in [0, 0.1) is 6.92 Å². The Morgan fingerprint density at radius 2 is 1.88 bits per heavy atom. The maximum atomic E-state index is 11.9. The fourth-order valence-electron chi connectivity index (χ4n) is 1.87. The number of H-pyrrole nitrogens is 1. The Morgan fingerprint density at radius 3 is 2.65 bits per heavy atom. The predicted molar refractivity (Wildman–Crippen MR) is 72.6 cm³/mol. The topological polar surface area (TPSA) is 32.9 Å². The SMILES string of the molecule is Cc1ccc(-c2cc3sccc3c(=O)[nH]2)cc1. The van der Waals surface area contributed by atoms with Crippen molar-refractivity contribution in [1.82, 2.24) is 4.98 Å². The minimum atomic E-state index is -0.0145. The summed E-state index contributed by atoms with van der Waals surface area (Å²) in [5, 5.41) is 2.71. The van der Waals surface area contributed by atoms with Crippen LogP contribution < -0.4 is 5.56 Å². The Bertz CT molecular complexity index is 722. The van der Waals surface area contributed by atoms with Gasteiger partial charge in [0.1, 0.15) is 0 Å². The molecule has 0 aliphatic carbocycles. The van der Waals surface area contributed by atoms with Crippen molar-refractivity contribution in [2.45, 2.75) is 6.92 Å². The molecule has 3 aromatic rings. The molecule has 0 spiro atoms. The van der Waals surface area contributed by atoms with Crippen LogP contribution in [-0.4, -0.2) is 4.98 Å². The average molecular weight is 241 g/mol. The molecule has 3 rings (SSSR count). The van der Waals surface area contributed by atoms with Gasteiger partial charge in [0.2, 0.25) is 0 Å². The van der Waals surface area contributed by atoms with E-state index in [4.69, 9.17) is 0 Å². The molecular weight excluding hydrogens is 230 g/mol. The van der Waals surface area contributed by atoms with E-state index < -0.39 is 0 Å². The predicted octanol–water partition coefficient (Wildman–Crippen LogP) is 3.57. The monoisotopic (exact) mass is 241 g/mol. The van der Waals surface area contributed by atoms with Crippen LogP contribution in [0.25, 0.3) is 21.3 Å². The molecule has 2 heterocycles. The molecule has 0 saturated carbocycles. The number of benzene rings is 1. The van der Waals surface area contributed by atoms with Crippen LogP contribution in [0.4, 0.5) is 0 Å². The number of hydrogen-bond acceptors (Lipinski definition) is 2. The first kappa shape index (κ1) is 10.3. The number of rotatable bonds is 1. The third-order valence-corrected chi connectivity index (χ3v) is 3.69. The van der Waals surface area contributed by atoms with Crippen LogP contribution in [0.15, 0.2) is 46.6 Å². The summed E-state index contributed by atoms with van der Waals surface area (Å²) in [4.78, 5) is 14.8. The Kier molecular flexibility index (Phi) is 2.34. The number of nitrogens with one attached hydrogen (secondary N) is 1. The summed E-state index contributed by atoms with van der Waals surface area (Å²) in [7, 11) is 0. The minimum Gasteiger partial charge on any atom is -0.321 e.